The van der Waals surface area contributed by atoms with Crippen molar-refractivity contribution in [1.82, 2.24) is 0 Å². The average molecular weight is 465 g/mol. The highest BCUT2D eigenvalue weighted by Gasteiger charge is 2.51. The highest BCUT2D eigenvalue weighted by atomic mass is 16.7. The van der Waals surface area contributed by atoms with Gasteiger partial charge >= 0.3 is 23.9 Å². The Balaban J connectivity index is 2.45. The molecule has 1 aromatic rings. The first-order chi connectivity index (χ1) is 15.6. The maximum atomic E-state index is 11.9. The number of benzene rings is 1. The van der Waals surface area contributed by atoms with E-state index >= 15 is 0 Å². The van der Waals surface area contributed by atoms with Gasteiger partial charge in [0.1, 0.15) is 18.5 Å². The molecular formula is C22H27NO10. The number of hydrogen-bond acceptors (Lipinski definition) is 11. The molecule has 1 fully saturated rings. The first-order valence-electron chi connectivity index (χ1n) is 10.1. The van der Waals surface area contributed by atoms with Crippen LogP contribution in [-0.2, 0) is 42.9 Å². The molecule has 11 heteroatoms. The van der Waals surface area contributed by atoms with E-state index in [2.05, 4.69) is 4.99 Å². The van der Waals surface area contributed by atoms with Crippen molar-refractivity contribution in [1.29, 1.82) is 0 Å². The van der Waals surface area contributed by atoms with E-state index in [4.69, 9.17) is 28.4 Å². The van der Waals surface area contributed by atoms with Crippen LogP contribution in [0.1, 0.15) is 33.3 Å². The smallest absolute Gasteiger partial charge is 0.305 e. The number of rotatable bonds is 8. The highest BCUT2D eigenvalue weighted by molar-refractivity contribution is 5.80. The van der Waals surface area contributed by atoms with Gasteiger partial charge in [-0.3, -0.25) is 24.2 Å². The second kappa shape index (κ2) is 12.0. The lowest BCUT2D eigenvalue weighted by molar-refractivity contribution is -0.266. The Hall–Kier alpha value is -3.47. The molecule has 33 heavy (non-hydrogen) atoms. The van der Waals surface area contributed by atoms with Crippen molar-refractivity contribution in [3.05, 3.63) is 29.8 Å². The first kappa shape index (κ1) is 25.8. The number of esters is 4. The van der Waals surface area contributed by atoms with Gasteiger partial charge in [-0.25, -0.2) is 0 Å². The predicted octanol–water partition coefficient (Wildman–Crippen LogP) is 1.20. The third kappa shape index (κ3) is 7.86. The van der Waals surface area contributed by atoms with Crippen LogP contribution in [0.2, 0.25) is 0 Å². The van der Waals surface area contributed by atoms with Gasteiger partial charge in [0.15, 0.2) is 18.2 Å². The lowest BCUT2D eigenvalue weighted by Gasteiger charge is -2.42. The normalized spacial score (nSPS) is 24.6. The van der Waals surface area contributed by atoms with E-state index in [1.54, 1.807) is 24.3 Å². The first-order valence-corrected chi connectivity index (χ1v) is 10.1. The maximum Gasteiger partial charge on any atom is 0.305 e. The van der Waals surface area contributed by atoms with Gasteiger partial charge in [0, 0.05) is 33.9 Å². The van der Waals surface area contributed by atoms with Crippen molar-refractivity contribution in [2.45, 2.75) is 58.3 Å². The molecule has 0 saturated carbocycles. The minimum Gasteiger partial charge on any atom is -0.497 e. The Morgan fingerprint density at radius 1 is 0.879 bits per heavy atom. The largest absolute Gasteiger partial charge is 0.497 e. The summed E-state index contributed by atoms with van der Waals surface area (Å²) in [5.41, 5.74) is 0.671. The Labute approximate surface area is 190 Å². The number of aliphatic imine (C=N–C) groups is 1. The predicted molar refractivity (Wildman–Crippen MR) is 113 cm³/mol. The fraction of sp³-hybridized carbons (Fsp3) is 0.500. The second-order valence-corrected chi connectivity index (χ2v) is 7.14. The summed E-state index contributed by atoms with van der Waals surface area (Å²) < 4.78 is 32.0. The summed E-state index contributed by atoms with van der Waals surface area (Å²) >= 11 is 0. The number of carbonyl (C=O) groups is 4. The summed E-state index contributed by atoms with van der Waals surface area (Å²) in [5, 5.41) is 0. The number of hydrogen-bond donors (Lipinski definition) is 0. The molecule has 5 atom stereocenters. The Kier molecular flexibility index (Phi) is 9.34. The summed E-state index contributed by atoms with van der Waals surface area (Å²) in [6, 6.07) is 5.84. The molecule has 0 aromatic heterocycles. The molecule has 1 aliphatic heterocycles. The van der Waals surface area contributed by atoms with Crippen LogP contribution in [0.3, 0.4) is 0 Å². The second-order valence-electron chi connectivity index (χ2n) is 7.14. The summed E-state index contributed by atoms with van der Waals surface area (Å²) in [5.74, 6) is -2.00. The van der Waals surface area contributed by atoms with Crippen molar-refractivity contribution in [2.24, 2.45) is 4.99 Å². The Morgan fingerprint density at radius 2 is 1.45 bits per heavy atom. The molecule has 180 valence electrons. The van der Waals surface area contributed by atoms with Gasteiger partial charge in [-0.1, -0.05) is 0 Å². The summed E-state index contributed by atoms with van der Waals surface area (Å²) in [4.78, 5) is 51.1. The van der Waals surface area contributed by atoms with Crippen LogP contribution >= 0.6 is 0 Å². The van der Waals surface area contributed by atoms with Gasteiger partial charge in [0.25, 0.3) is 0 Å². The Morgan fingerprint density at radius 3 is 1.97 bits per heavy atom. The molecule has 1 aliphatic rings. The van der Waals surface area contributed by atoms with Crippen molar-refractivity contribution >= 4 is 30.1 Å². The Bertz CT molecular complexity index is 882. The topological polar surface area (TPSA) is 136 Å². The molecule has 0 amide bonds. The van der Waals surface area contributed by atoms with E-state index in [0.29, 0.717) is 11.3 Å². The van der Waals surface area contributed by atoms with Crippen LogP contribution in [-0.4, -0.2) is 74.5 Å². The van der Waals surface area contributed by atoms with E-state index in [-0.39, 0.29) is 6.61 Å². The fourth-order valence-electron chi connectivity index (χ4n) is 3.17. The maximum absolute atomic E-state index is 11.9. The molecule has 1 heterocycles. The monoisotopic (exact) mass is 465 g/mol. The van der Waals surface area contributed by atoms with E-state index in [1.165, 1.54) is 41.0 Å². The van der Waals surface area contributed by atoms with E-state index in [1.807, 2.05) is 0 Å². The van der Waals surface area contributed by atoms with Gasteiger partial charge in [-0.2, -0.15) is 0 Å². The number of carbonyl (C=O) groups excluding carboxylic acids is 4. The van der Waals surface area contributed by atoms with Gasteiger partial charge in [0.2, 0.25) is 6.29 Å². The van der Waals surface area contributed by atoms with E-state index < -0.39 is 54.5 Å². The number of nitrogens with zero attached hydrogens (tertiary/aromatic N) is 1. The third-order valence-corrected chi connectivity index (χ3v) is 4.46. The van der Waals surface area contributed by atoms with Crippen molar-refractivity contribution in [3.63, 3.8) is 0 Å². The van der Waals surface area contributed by atoms with Gasteiger partial charge < -0.3 is 28.4 Å². The molecule has 0 bridgehead atoms. The lowest BCUT2D eigenvalue weighted by Crippen LogP contribution is -2.61. The van der Waals surface area contributed by atoms with Crippen molar-refractivity contribution < 1.29 is 47.6 Å². The summed E-state index contributed by atoms with van der Waals surface area (Å²) in [6.45, 7) is 4.37. The molecular weight excluding hydrogens is 438 g/mol. The van der Waals surface area contributed by atoms with E-state index in [0.717, 1.165) is 0 Å². The highest BCUT2D eigenvalue weighted by Crippen LogP contribution is 2.30. The third-order valence-electron chi connectivity index (χ3n) is 4.46. The zero-order valence-electron chi connectivity index (χ0n) is 19.0. The van der Waals surface area contributed by atoms with Gasteiger partial charge in [-0.05, 0) is 29.8 Å². The zero-order valence-corrected chi connectivity index (χ0v) is 19.0. The minimum atomic E-state index is -1.31. The molecule has 1 aromatic carbocycles. The standard InChI is InChI=1S/C22H27NO10/c1-12(24)29-11-18-20(30-13(2)25)21(31-14(3)26)19(22(33-18)32-15(4)27)23-10-16-6-8-17(28-5)9-7-16/h6-10,18-22H,11H2,1-5H3/t18?,19?,20-,21+,22-/m1/s1. The summed E-state index contributed by atoms with van der Waals surface area (Å²) in [7, 11) is 1.54. The lowest BCUT2D eigenvalue weighted by atomic mass is 9.96. The quantitative estimate of drug-likeness (QED) is 0.313. The number of ether oxygens (including phenoxy) is 6. The number of methoxy groups -OCH3 is 1. The molecule has 0 N–H and O–H groups in total. The van der Waals surface area contributed by atoms with Crippen LogP contribution in [0.15, 0.2) is 29.3 Å². The van der Waals surface area contributed by atoms with Crippen LogP contribution in [0.5, 0.6) is 5.75 Å². The molecule has 2 rings (SSSR count). The van der Waals surface area contributed by atoms with Crippen LogP contribution in [0.4, 0.5) is 0 Å². The van der Waals surface area contributed by atoms with Gasteiger partial charge in [-0.15, -0.1) is 0 Å². The molecule has 0 spiro atoms. The van der Waals surface area contributed by atoms with Gasteiger partial charge in [0.05, 0.1) is 7.11 Å². The zero-order chi connectivity index (χ0) is 24.5. The van der Waals surface area contributed by atoms with E-state index in [9.17, 15) is 19.2 Å². The molecule has 0 radical (unpaired) electrons. The van der Waals surface area contributed by atoms with Crippen LogP contribution in [0.25, 0.3) is 0 Å². The minimum absolute atomic E-state index is 0.336. The molecule has 0 aliphatic carbocycles. The molecule has 2 unspecified atom stereocenters. The molecule has 1 saturated heterocycles. The average Bonchev–Trinajstić information content (AvgIpc) is 2.73. The SMILES string of the molecule is COc1ccc(C=NC2[C@H](OC(C)=O)OC(COC(C)=O)[C@@H](OC(C)=O)[C@H]2OC(C)=O)cc1. The van der Waals surface area contributed by atoms with Crippen molar-refractivity contribution in [2.75, 3.05) is 13.7 Å². The molecule has 11 nitrogen and oxygen atoms in total. The summed E-state index contributed by atoms with van der Waals surface area (Å²) in [6.07, 6.45) is -3.31. The van der Waals surface area contributed by atoms with Crippen LogP contribution < -0.4 is 4.74 Å². The van der Waals surface area contributed by atoms with Crippen molar-refractivity contribution in [3.8, 4) is 5.75 Å². The fourth-order valence-corrected chi connectivity index (χ4v) is 3.17. The van der Waals surface area contributed by atoms with Crippen LogP contribution in [0, 0.1) is 0 Å².